The average molecular weight is 585 g/mol. The second kappa shape index (κ2) is 11.4. The number of carboxylic acids is 1. The maximum absolute atomic E-state index is 13.9. The highest BCUT2D eigenvalue weighted by Gasteiger charge is 2.52. The second-order valence-electron chi connectivity index (χ2n) is 10.5. The van der Waals surface area contributed by atoms with Crippen LogP contribution in [0.25, 0.3) is 10.9 Å². The molecule has 3 aromatic rings. The molecule has 224 valence electrons. The Morgan fingerprint density at radius 1 is 1.12 bits per heavy atom. The molecule has 9 N–H and O–H groups in total. The number of aromatic hydroxyl groups is 3. The Balaban J connectivity index is 1.54. The molecule has 5 rings (SSSR count). The molecule has 3 heterocycles. The molecule has 2 amide bonds. The Kier molecular flexibility index (Phi) is 7.86. The molecule has 0 saturated carbocycles. The van der Waals surface area contributed by atoms with Crippen molar-refractivity contribution in [3.05, 3.63) is 47.2 Å². The van der Waals surface area contributed by atoms with Gasteiger partial charge in [0, 0.05) is 53.8 Å². The molecule has 2 aromatic carbocycles. The molecule has 2 aliphatic heterocycles. The smallest absolute Gasteiger partial charge is 0.326 e. The van der Waals surface area contributed by atoms with Gasteiger partial charge in [-0.05, 0) is 24.5 Å². The summed E-state index contributed by atoms with van der Waals surface area (Å²) < 4.78 is 5.09. The van der Waals surface area contributed by atoms with Gasteiger partial charge < -0.3 is 50.6 Å². The molecule has 14 heteroatoms. The van der Waals surface area contributed by atoms with Gasteiger partial charge in [0.2, 0.25) is 23.3 Å². The van der Waals surface area contributed by atoms with Crippen molar-refractivity contribution in [3.63, 3.8) is 0 Å². The second-order valence-corrected chi connectivity index (χ2v) is 10.5. The number of para-hydroxylation sites is 1. The number of methoxy groups -OCH3 is 1. The predicted molar refractivity (Wildman–Crippen MR) is 146 cm³/mol. The highest BCUT2D eigenvalue weighted by Crippen LogP contribution is 2.53. The largest absolute Gasteiger partial charge is 0.504 e. The number of carbonyl (C=O) groups excluding carboxylic acids is 2. The molecule has 1 aromatic heterocycles. The van der Waals surface area contributed by atoms with Crippen LogP contribution in [0.3, 0.4) is 0 Å². The monoisotopic (exact) mass is 584 g/mol. The number of hydrogen-bond donors (Lipinski definition) is 9. The molecule has 0 bridgehead atoms. The predicted octanol–water partition coefficient (Wildman–Crippen LogP) is -0.180. The summed E-state index contributed by atoms with van der Waals surface area (Å²) in [4.78, 5) is 43.8. The summed E-state index contributed by atoms with van der Waals surface area (Å²) in [7, 11) is 1.18. The fourth-order valence-electron chi connectivity index (χ4n) is 5.86. The van der Waals surface area contributed by atoms with Crippen LogP contribution in [0.15, 0.2) is 30.5 Å². The Morgan fingerprint density at radius 3 is 2.50 bits per heavy atom. The van der Waals surface area contributed by atoms with E-state index >= 15 is 0 Å². The Labute approximate surface area is 239 Å². The minimum absolute atomic E-state index is 0.0179. The van der Waals surface area contributed by atoms with E-state index in [-0.39, 0.29) is 30.4 Å². The van der Waals surface area contributed by atoms with Crippen molar-refractivity contribution in [2.75, 3.05) is 20.3 Å². The van der Waals surface area contributed by atoms with Crippen LogP contribution in [-0.4, -0.2) is 96.8 Å². The SMILES string of the molecule is COc1c(O)c(O)c2c(c1O)[C@H]1N[C@@H](Cc3c[nH]c4ccccc34)C(=O)N1C(C(=O)N[C@@H](CC(CO)CO)C(=O)O)C2. The summed E-state index contributed by atoms with van der Waals surface area (Å²) >= 11 is 0. The summed E-state index contributed by atoms with van der Waals surface area (Å²) in [6.07, 6.45) is 0.194. The first-order chi connectivity index (χ1) is 20.1. The summed E-state index contributed by atoms with van der Waals surface area (Å²) in [5, 5.41) is 67.4. The van der Waals surface area contributed by atoms with E-state index in [0.717, 1.165) is 16.5 Å². The average Bonchev–Trinajstić information content (AvgIpc) is 3.54. The van der Waals surface area contributed by atoms with Crippen molar-refractivity contribution in [1.29, 1.82) is 0 Å². The van der Waals surface area contributed by atoms with Crippen molar-refractivity contribution in [3.8, 4) is 23.0 Å². The lowest BCUT2D eigenvalue weighted by Gasteiger charge is -2.39. The highest BCUT2D eigenvalue weighted by atomic mass is 16.5. The van der Waals surface area contributed by atoms with Crippen molar-refractivity contribution < 1.29 is 49.8 Å². The molecule has 14 nitrogen and oxygen atoms in total. The number of benzene rings is 2. The summed E-state index contributed by atoms with van der Waals surface area (Å²) in [6.45, 7) is -1.01. The van der Waals surface area contributed by atoms with Crippen LogP contribution < -0.4 is 15.4 Å². The van der Waals surface area contributed by atoms with Gasteiger partial charge in [-0.2, -0.15) is 0 Å². The van der Waals surface area contributed by atoms with Crippen LogP contribution in [0.1, 0.15) is 29.3 Å². The number of rotatable bonds is 10. The zero-order valence-electron chi connectivity index (χ0n) is 22.6. The van der Waals surface area contributed by atoms with Crippen molar-refractivity contribution in [2.24, 2.45) is 5.92 Å². The number of aliphatic hydroxyl groups is 2. The van der Waals surface area contributed by atoms with Gasteiger partial charge in [0.1, 0.15) is 18.2 Å². The number of aromatic nitrogens is 1. The molecule has 42 heavy (non-hydrogen) atoms. The number of aromatic amines is 1. The van der Waals surface area contributed by atoms with Gasteiger partial charge >= 0.3 is 5.97 Å². The minimum Gasteiger partial charge on any atom is -0.504 e. The number of carbonyl (C=O) groups is 3. The molecule has 0 spiro atoms. The van der Waals surface area contributed by atoms with E-state index < -0.39 is 84.2 Å². The number of carboxylic acid groups (broad SMARTS) is 1. The molecular formula is C28H32N4O10. The third-order valence-electron chi connectivity index (χ3n) is 8.02. The number of phenolic OH excluding ortho intramolecular Hbond substituents is 3. The van der Waals surface area contributed by atoms with Gasteiger partial charge in [-0.3, -0.25) is 14.9 Å². The number of aliphatic hydroxyl groups excluding tert-OH is 2. The summed E-state index contributed by atoms with van der Waals surface area (Å²) in [5.74, 6) is -5.93. The Morgan fingerprint density at radius 2 is 1.83 bits per heavy atom. The normalized spacial score (nSPS) is 20.4. The fraction of sp³-hybridized carbons (Fsp3) is 0.393. The lowest BCUT2D eigenvalue weighted by Crippen LogP contribution is -2.56. The molecule has 4 atom stereocenters. The molecule has 2 aliphatic rings. The summed E-state index contributed by atoms with van der Waals surface area (Å²) in [6, 6.07) is 3.79. The zero-order valence-corrected chi connectivity index (χ0v) is 22.6. The number of amides is 2. The quantitative estimate of drug-likeness (QED) is 0.112. The van der Waals surface area contributed by atoms with E-state index in [1.807, 2.05) is 24.3 Å². The van der Waals surface area contributed by atoms with Crippen LogP contribution in [0.4, 0.5) is 0 Å². The minimum atomic E-state index is -1.50. The topological polar surface area (TPSA) is 225 Å². The number of H-pyrrole nitrogens is 1. The van der Waals surface area contributed by atoms with Crippen molar-refractivity contribution >= 4 is 28.7 Å². The number of nitrogens with zero attached hydrogens (tertiary/aromatic N) is 1. The number of nitrogens with one attached hydrogen (secondary N) is 3. The molecular weight excluding hydrogens is 552 g/mol. The third kappa shape index (κ3) is 4.82. The maximum atomic E-state index is 13.9. The van der Waals surface area contributed by atoms with Crippen LogP contribution in [0.5, 0.6) is 23.0 Å². The standard InChI is InChI=1S/C28H32N4O10/c1-42-24-22(36)20-15(21(35)23(24)37)8-19(26(38)31-18(28(40)41)6-12(10-33)11-34)32-25(20)30-17(27(32)39)7-13-9-29-16-5-3-2-4-14(13)16/h2-5,9,12,17-19,25,29-30,33-37H,6-8,10-11H2,1H3,(H,31,38)(H,40,41)/t17-,18-,19?,25-/m0/s1. The number of ether oxygens (including phenoxy) is 1. The van der Waals surface area contributed by atoms with Gasteiger partial charge in [0.25, 0.3) is 0 Å². The van der Waals surface area contributed by atoms with Crippen LogP contribution in [0, 0.1) is 5.92 Å². The van der Waals surface area contributed by atoms with Crippen molar-refractivity contribution in [1.82, 2.24) is 20.5 Å². The van der Waals surface area contributed by atoms with E-state index in [1.54, 1.807) is 6.20 Å². The van der Waals surface area contributed by atoms with E-state index in [9.17, 15) is 45.0 Å². The Hall–Kier alpha value is -4.53. The molecule has 1 unspecified atom stereocenters. The zero-order chi connectivity index (χ0) is 30.3. The highest BCUT2D eigenvalue weighted by molar-refractivity contribution is 5.95. The lowest BCUT2D eigenvalue weighted by molar-refractivity contribution is -0.145. The van der Waals surface area contributed by atoms with Gasteiger partial charge in [-0.25, -0.2) is 4.79 Å². The van der Waals surface area contributed by atoms with Crippen LogP contribution in [-0.2, 0) is 27.2 Å². The summed E-state index contributed by atoms with van der Waals surface area (Å²) in [5.41, 5.74) is 1.70. The molecule has 0 radical (unpaired) electrons. The number of fused-ring (bicyclic) bond motifs is 4. The van der Waals surface area contributed by atoms with E-state index in [2.05, 4.69) is 15.6 Å². The lowest BCUT2D eigenvalue weighted by atomic mass is 9.89. The van der Waals surface area contributed by atoms with Gasteiger partial charge in [0.05, 0.1) is 13.2 Å². The van der Waals surface area contributed by atoms with Gasteiger partial charge in [-0.15, -0.1) is 0 Å². The van der Waals surface area contributed by atoms with E-state index in [4.69, 9.17) is 4.74 Å². The first kappa shape index (κ1) is 29.0. The van der Waals surface area contributed by atoms with Gasteiger partial charge in [-0.1, -0.05) is 18.2 Å². The maximum Gasteiger partial charge on any atom is 0.326 e. The molecule has 1 fully saturated rings. The number of hydrogen-bond acceptors (Lipinski definition) is 10. The third-order valence-corrected chi connectivity index (χ3v) is 8.02. The van der Waals surface area contributed by atoms with E-state index in [0.29, 0.717) is 0 Å². The first-order valence-corrected chi connectivity index (χ1v) is 13.3. The fourth-order valence-corrected chi connectivity index (χ4v) is 5.86. The number of phenols is 3. The first-order valence-electron chi connectivity index (χ1n) is 13.3. The number of aliphatic carboxylic acids is 1. The molecule has 0 aliphatic carbocycles. The van der Waals surface area contributed by atoms with Crippen LogP contribution in [0.2, 0.25) is 0 Å². The Bertz CT molecular complexity index is 1530. The van der Waals surface area contributed by atoms with Gasteiger partial charge in [0.15, 0.2) is 11.5 Å². The van der Waals surface area contributed by atoms with E-state index in [1.165, 1.54) is 12.0 Å². The molecule has 1 saturated heterocycles. The van der Waals surface area contributed by atoms with Crippen LogP contribution >= 0.6 is 0 Å². The van der Waals surface area contributed by atoms with Crippen molar-refractivity contribution in [2.45, 2.75) is 43.6 Å².